The van der Waals surface area contributed by atoms with Gasteiger partial charge in [-0.2, -0.15) is 13.9 Å². The molecule has 1 saturated carbocycles. The Hall–Kier alpha value is -1.98. The molecule has 0 saturated heterocycles. The highest BCUT2D eigenvalue weighted by Gasteiger charge is 2.29. The van der Waals surface area contributed by atoms with Gasteiger partial charge >= 0.3 is 6.61 Å². The van der Waals surface area contributed by atoms with Crippen molar-refractivity contribution in [3.8, 4) is 17.0 Å². The Morgan fingerprint density at radius 3 is 2.55 bits per heavy atom. The number of pyridine rings is 1. The van der Waals surface area contributed by atoms with Crippen LogP contribution in [-0.2, 0) is 16.4 Å². The average molecular weight is 525 g/mol. The number of hydrogen-bond acceptors (Lipinski definition) is 6. The van der Waals surface area contributed by atoms with Crippen molar-refractivity contribution in [2.75, 3.05) is 12.8 Å². The molecule has 8 nitrogen and oxygen atoms in total. The van der Waals surface area contributed by atoms with E-state index in [0.717, 1.165) is 6.07 Å². The molecule has 2 aromatic rings. The van der Waals surface area contributed by atoms with Gasteiger partial charge in [0, 0.05) is 31.6 Å². The zero-order chi connectivity index (χ0) is 24.3. The van der Waals surface area contributed by atoms with Gasteiger partial charge in [0.05, 0.1) is 21.5 Å². The van der Waals surface area contributed by atoms with Gasteiger partial charge in [-0.25, -0.2) is 13.4 Å². The van der Waals surface area contributed by atoms with E-state index in [1.807, 2.05) is 0 Å². The summed E-state index contributed by atoms with van der Waals surface area (Å²) in [5.74, 6) is -0.613. The quantitative estimate of drug-likeness (QED) is 0.519. The predicted octanol–water partition coefficient (Wildman–Crippen LogP) is 4.21. The van der Waals surface area contributed by atoms with Gasteiger partial charge < -0.3 is 10.1 Å². The summed E-state index contributed by atoms with van der Waals surface area (Å²) in [6.45, 7) is -0.692. The Kier molecular flexibility index (Phi) is 8.17. The molecule has 1 N–H and O–H groups in total. The first-order valence-electron chi connectivity index (χ1n) is 10.3. The highest BCUT2D eigenvalue weighted by atomic mass is 35.5. The molecule has 1 amide bonds. The fourth-order valence-corrected chi connectivity index (χ4v) is 5.54. The molecule has 0 aromatic carbocycles. The van der Waals surface area contributed by atoms with E-state index < -0.39 is 22.4 Å². The Morgan fingerprint density at radius 1 is 1.30 bits per heavy atom. The van der Waals surface area contributed by atoms with Crippen LogP contribution in [0.2, 0.25) is 10.2 Å². The van der Waals surface area contributed by atoms with Crippen molar-refractivity contribution in [1.82, 2.24) is 20.1 Å². The van der Waals surface area contributed by atoms with Crippen LogP contribution in [0.4, 0.5) is 8.78 Å². The topological polar surface area (TPSA) is 103 Å². The summed E-state index contributed by atoms with van der Waals surface area (Å²) in [4.78, 5) is 16.7. The molecule has 2 heterocycles. The molecule has 0 unspecified atom stereocenters. The lowest BCUT2D eigenvalue weighted by atomic mass is 9.89. The maximum atomic E-state index is 12.9. The Labute approximate surface area is 200 Å². The molecule has 3 rings (SSSR count). The van der Waals surface area contributed by atoms with Crippen LogP contribution in [0, 0.1) is 5.92 Å². The fraction of sp³-hybridized carbons (Fsp3) is 0.550. The van der Waals surface area contributed by atoms with E-state index >= 15 is 0 Å². The van der Waals surface area contributed by atoms with E-state index in [-0.39, 0.29) is 44.0 Å². The van der Waals surface area contributed by atoms with Crippen molar-refractivity contribution in [2.24, 2.45) is 5.92 Å². The standard InChI is InChI=1S/C20H24Cl2F2N4O4S/c1-3-28-18(13-10-25-15(21)8-14(13)32-20(23)24)16(22)17(27-28)19(29)26-9-11-4-6-12(7-5-11)33(2,30)31/h8,10-12,20H,3-7,9H2,1-2H3,(H,26,29)/t11-,12+. The van der Waals surface area contributed by atoms with Crippen LogP contribution >= 0.6 is 23.2 Å². The minimum Gasteiger partial charge on any atom is -0.434 e. The van der Waals surface area contributed by atoms with Gasteiger partial charge in [-0.1, -0.05) is 23.2 Å². The number of carbonyl (C=O) groups is 1. The lowest BCUT2D eigenvalue weighted by molar-refractivity contribution is -0.0495. The minimum absolute atomic E-state index is 0.0293. The van der Waals surface area contributed by atoms with E-state index in [4.69, 9.17) is 23.2 Å². The minimum atomic E-state index is -3.10. The van der Waals surface area contributed by atoms with Crippen LogP contribution < -0.4 is 10.1 Å². The third-order valence-corrected chi connectivity index (χ3v) is 7.91. The van der Waals surface area contributed by atoms with E-state index in [9.17, 15) is 22.0 Å². The SMILES string of the molecule is CCn1nc(C(=O)NC[C@H]2CC[C@@H](S(C)(=O)=O)CC2)c(Cl)c1-c1cnc(Cl)cc1OC(F)F. The summed E-state index contributed by atoms with van der Waals surface area (Å²) in [6.07, 6.45) is 4.97. The van der Waals surface area contributed by atoms with Gasteiger partial charge in [0.1, 0.15) is 20.7 Å². The molecule has 0 spiro atoms. The summed E-state index contributed by atoms with van der Waals surface area (Å²) in [5.41, 5.74) is 0.270. The number of carbonyl (C=O) groups excluding carboxylic acids is 1. The summed E-state index contributed by atoms with van der Waals surface area (Å²) in [7, 11) is -3.06. The van der Waals surface area contributed by atoms with E-state index in [1.165, 1.54) is 17.1 Å². The summed E-state index contributed by atoms with van der Waals surface area (Å²) >= 11 is 12.3. The first-order valence-corrected chi connectivity index (χ1v) is 13.1. The molecule has 1 fully saturated rings. The zero-order valence-electron chi connectivity index (χ0n) is 18.0. The van der Waals surface area contributed by atoms with Gasteiger partial charge in [0.25, 0.3) is 5.91 Å². The Morgan fingerprint density at radius 2 is 1.97 bits per heavy atom. The normalized spacial score (nSPS) is 19.0. The highest BCUT2D eigenvalue weighted by Crippen LogP contribution is 2.38. The second kappa shape index (κ2) is 10.5. The first kappa shape index (κ1) is 25.6. The van der Waals surface area contributed by atoms with Gasteiger partial charge in [0.2, 0.25) is 0 Å². The average Bonchev–Trinajstić information content (AvgIpc) is 3.08. The maximum Gasteiger partial charge on any atom is 0.387 e. The van der Waals surface area contributed by atoms with E-state index in [1.54, 1.807) is 6.92 Å². The molecule has 0 radical (unpaired) electrons. The Bertz CT molecular complexity index is 1120. The van der Waals surface area contributed by atoms with Crippen molar-refractivity contribution in [3.63, 3.8) is 0 Å². The van der Waals surface area contributed by atoms with E-state index in [2.05, 4.69) is 20.1 Å². The first-order chi connectivity index (χ1) is 15.5. The summed E-state index contributed by atoms with van der Waals surface area (Å²) in [6, 6.07) is 1.14. The molecule has 0 atom stereocenters. The van der Waals surface area contributed by atoms with Gasteiger partial charge in [-0.15, -0.1) is 0 Å². The number of halogens is 4. The third-order valence-electron chi connectivity index (χ3n) is 5.66. The lowest BCUT2D eigenvalue weighted by Crippen LogP contribution is -2.34. The molecular weight excluding hydrogens is 501 g/mol. The number of ether oxygens (including phenoxy) is 1. The number of nitrogens with zero attached hydrogens (tertiary/aromatic N) is 3. The number of hydrogen-bond donors (Lipinski definition) is 1. The molecule has 13 heteroatoms. The second-order valence-electron chi connectivity index (χ2n) is 7.89. The molecule has 0 aliphatic heterocycles. The largest absolute Gasteiger partial charge is 0.434 e. The van der Waals surface area contributed by atoms with Crippen LogP contribution in [0.25, 0.3) is 11.3 Å². The number of amides is 1. The molecule has 33 heavy (non-hydrogen) atoms. The summed E-state index contributed by atoms with van der Waals surface area (Å²) < 4.78 is 55.2. The molecule has 1 aliphatic carbocycles. The third kappa shape index (κ3) is 6.13. The predicted molar refractivity (Wildman–Crippen MR) is 121 cm³/mol. The molecule has 2 aromatic heterocycles. The molecule has 1 aliphatic rings. The Balaban J connectivity index is 1.78. The lowest BCUT2D eigenvalue weighted by Gasteiger charge is -2.27. The summed E-state index contributed by atoms with van der Waals surface area (Å²) in [5, 5.41) is 6.64. The number of nitrogens with one attached hydrogen (secondary N) is 1. The molecular formula is C20H24Cl2F2N4O4S. The highest BCUT2D eigenvalue weighted by molar-refractivity contribution is 7.91. The number of rotatable bonds is 8. The fourth-order valence-electron chi connectivity index (χ4n) is 3.94. The maximum absolute atomic E-state index is 12.9. The number of alkyl halides is 2. The monoisotopic (exact) mass is 524 g/mol. The van der Waals surface area contributed by atoms with Crippen molar-refractivity contribution in [1.29, 1.82) is 0 Å². The van der Waals surface area contributed by atoms with Crippen molar-refractivity contribution in [2.45, 2.75) is 51.0 Å². The van der Waals surface area contributed by atoms with Crippen LogP contribution in [0.15, 0.2) is 12.3 Å². The van der Waals surface area contributed by atoms with E-state index in [0.29, 0.717) is 38.8 Å². The van der Waals surface area contributed by atoms with Crippen LogP contribution in [0.5, 0.6) is 5.75 Å². The number of aryl methyl sites for hydroxylation is 1. The molecule has 0 bridgehead atoms. The zero-order valence-corrected chi connectivity index (χ0v) is 20.4. The number of aromatic nitrogens is 3. The number of sulfone groups is 1. The van der Waals surface area contributed by atoms with Crippen molar-refractivity contribution >= 4 is 38.9 Å². The second-order valence-corrected chi connectivity index (χ2v) is 11.0. The van der Waals surface area contributed by atoms with Crippen LogP contribution in [0.1, 0.15) is 43.1 Å². The molecule has 182 valence electrons. The van der Waals surface area contributed by atoms with Gasteiger partial charge in [-0.3, -0.25) is 9.48 Å². The van der Waals surface area contributed by atoms with Crippen molar-refractivity contribution < 1.29 is 26.7 Å². The van der Waals surface area contributed by atoms with Crippen LogP contribution in [0.3, 0.4) is 0 Å². The van der Waals surface area contributed by atoms with Gasteiger partial charge in [0.15, 0.2) is 5.69 Å². The van der Waals surface area contributed by atoms with Crippen molar-refractivity contribution in [3.05, 3.63) is 28.1 Å². The van der Waals surface area contributed by atoms with Gasteiger partial charge in [-0.05, 0) is 38.5 Å². The smallest absolute Gasteiger partial charge is 0.387 e. The van der Waals surface area contributed by atoms with Crippen LogP contribution in [-0.4, -0.2) is 53.8 Å².